The molecule has 0 radical (unpaired) electrons. The van der Waals surface area contributed by atoms with E-state index < -0.39 is 0 Å². The number of hydrogen-bond donors (Lipinski definition) is 0. The summed E-state index contributed by atoms with van der Waals surface area (Å²) in [6, 6.07) is 1.77. The van der Waals surface area contributed by atoms with E-state index in [0.717, 1.165) is 5.69 Å². The zero-order valence-electron chi connectivity index (χ0n) is 11.3. The Morgan fingerprint density at radius 3 is 2.72 bits per heavy atom. The Hall–Kier alpha value is -1.85. The normalized spacial score (nSPS) is 10.0. The van der Waals surface area contributed by atoms with Crippen molar-refractivity contribution in [3.05, 3.63) is 11.8 Å². The molecule has 18 heavy (non-hydrogen) atoms. The second kappa shape index (κ2) is 6.78. The molecule has 0 saturated heterocycles. The van der Waals surface area contributed by atoms with E-state index >= 15 is 0 Å². The molecular formula is C12H19N3O3. The van der Waals surface area contributed by atoms with Crippen molar-refractivity contribution in [1.82, 2.24) is 9.97 Å². The number of ether oxygens (including phenoxy) is 2. The smallest absolute Gasteiger partial charge is 0.305 e. The van der Waals surface area contributed by atoms with E-state index in [9.17, 15) is 4.79 Å². The molecule has 1 aromatic rings. The van der Waals surface area contributed by atoms with Crippen molar-refractivity contribution in [2.24, 2.45) is 0 Å². The Kier molecular flexibility index (Phi) is 5.35. The summed E-state index contributed by atoms with van der Waals surface area (Å²) < 4.78 is 9.68. The van der Waals surface area contributed by atoms with Crippen LogP contribution in [0.25, 0.3) is 0 Å². The van der Waals surface area contributed by atoms with Crippen LogP contribution in [0.1, 0.15) is 18.5 Å². The number of carbonyl (C=O) groups excluding carboxylic acids is 1. The van der Waals surface area contributed by atoms with Gasteiger partial charge in [0.1, 0.15) is 0 Å². The number of hydrogen-bond acceptors (Lipinski definition) is 6. The number of carbonyl (C=O) groups is 1. The van der Waals surface area contributed by atoms with E-state index in [1.54, 1.807) is 13.2 Å². The summed E-state index contributed by atoms with van der Waals surface area (Å²) >= 11 is 0. The molecule has 0 aliphatic carbocycles. The Labute approximate surface area is 107 Å². The van der Waals surface area contributed by atoms with Gasteiger partial charge >= 0.3 is 5.97 Å². The topological polar surface area (TPSA) is 64.5 Å². The molecule has 1 heterocycles. The summed E-state index contributed by atoms with van der Waals surface area (Å²) in [7, 11) is 4.84. The molecule has 6 nitrogen and oxygen atoms in total. The highest BCUT2D eigenvalue weighted by Crippen LogP contribution is 2.14. The van der Waals surface area contributed by atoms with Gasteiger partial charge in [0, 0.05) is 31.8 Å². The summed E-state index contributed by atoms with van der Waals surface area (Å²) in [6.45, 7) is 2.57. The molecule has 0 aliphatic rings. The summed E-state index contributed by atoms with van der Waals surface area (Å²) in [5.74, 6) is 0.931. The van der Waals surface area contributed by atoms with Crippen molar-refractivity contribution in [3.63, 3.8) is 0 Å². The first-order chi connectivity index (χ1) is 8.56. The first-order valence-corrected chi connectivity index (χ1v) is 5.74. The molecule has 0 aromatic carbocycles. The number of aryl methyl sites for hydroxylation is 1. The standard InChI is InChI=1S/C12H19N3O3/c1-9-8-10(17-3)14-12(13-9)15(2)7-5-6-11(16)18-4/h8H,5-7H2,1-4H3. The Morgan fingerprint density at radius 1 is 1.39 bits per heavy atom. The second-order valence-electron chi connectivity index (χ2n) is 3.95. The van der Waals surface area contributed by atoms with E-state index in [-0.39, 0.29) is 5.97 Å². The molecule has 0 fully saturated rings. The van der Waals surface area contributed by atoms with Crippen LogP contribution < -0.4 is 9.64 Å². The third-order valence-corrected chi connectivity index (χ3v) is 2.47. The van der Waals surface area contributed by atoms with Crippen LogP contribution in [0.15, 0.2) is 6.07 Å². The van der Waals surface area contributed by atoms with Crippen molar-refractivity contribution in [2.45, 2.75) is 19.8 Å². The molecule has 0 atom stereocenters. The highest BCUT2D eigenvalue weighted by Gasteiger charge is 2.08. The summed E-state index contributed by atoms with van der Waals surface area (Å²) in [6.07, 6.45) is 1.09. The fraction of sp³-hybridized carbons (Fsp3) is 0.583. The first-order valence-electron chi connectivity index (χ1n) is 5.74. The third kappa shape index (κ3) is 4.20. The maximum atomic E-state index is 11.0. The number of rotatable bonds is 6. The minimum atomic E-state index is -0.203. The lowest BCUT2D eigenvalue weighted by Gasteiger charge is -2.17. The zero-order chi connectivity index (χ0) is 13.5. The SMILES string of the molecule is COC(=O)CCCN(C)c1nc(C)cc(OC)n1. The predicted octanol–water partition coefficient (Wildman–Crippen LogP) is 1.18. The second-order valence-corrected chi connectivity index (χ2v) is 3.95. The Bertz CT molecular complexity index is 410. The average Bonchev–Trinajstić information content (AvgIpc) is 2.37. The van der Waals surface area contributed by atoms with Gasteiger partial charge in [-0.25, -0.2) is 4.98 Å². The lowest BCUT2D eigenvalue weighted by Crippen LogP contribution is -2.22. The third-order valence-electron chi connectivity index (χ3n) is 2.47. The minimum absolute atomic E-state index is 0.203. The molecule has 0 amide bonds. The number of anilines is 1. The van der Waals surface area contributed by atoms with Crippen LogP contribution >= 0.6 is 0 Å². The van der Waals surface area contributed by atoms with E-state index in [0.29, 0.717) is 31.2 Å². The maximum absolute atomic E-state index is 11.0. The Balaban J connectivity index is 2.58. The molecule has 0 N–H and O–H groups in total. The number of aromatic nitrogens is 2. The van der Waals surface area contributed by atoms with Crippen LogP contribution in [0.4, 0.5) is 5.95 Å². The van der Waals surface area contributed by atoms with Gasteiger partial charge in [-0.1, -0.05) is 0 Å². The van der Waals surface area contributed by atoms with Crippen molar-refractivity contribution in [3.8, 4) is 5.88 Å². The largest absolute Gasteiger partial charge is 0.481 e. The summed E-state index contributed by atoms with van der Waals surface area (Å²) in [5, 5.41) is 0. The minimum Gasteiger partial charge on any atom is -0.481 e. The quantitative estimate of drug-likeness (QED) is 0.709. The van der Waals surface area contributed by atoms with Crippen LogP contribution in [0.3, 0.4) is 0 Å². The highest BCUT2D eigenvalue weighted by molar-refractivity contribution is 5.69. The highest BCUT2D eigenvalue weighted by atomic mass is 16.5. The predicted molar refractivity (Wildman–Crippen MR) is 67.8 cm³/mol. The van der Waals surface area contributed by atoms with Crippen molar-refractivity contribution >= 4 is 11.9 Å². The van der Waals surface area contributed by atoms with E-state index in [1.165, 1.54) is 7.11 Å². The fourth-order valence-electron chi connectivity index (χ4n) is 1.46. The molecule has 1 aromatic heterocycles. The van der Waals surface area contributed by atoms with E-state index in [4.69, 9.17) is 4.74 Å². The maximum Gasteiger partial charge on any atom is 0.305 e. The van der Waals surface area contributed by atoms with Gasteiger partial charge in [-0.2, -0.15) is 4.98 Å². The number of esters is 1. The van der Waals surface area contributed by atoms with Gasteiger partial charge in [0.15, 0.2) is 0 Å². The van der Waals surface area contributed by atoms with Crippen LogP contribution in [-0.2, 0) is 9.53 Å². The van der Waals surface area contributed by atoms with Gasteiger partial charge in [0.05, 0.1) is 14.2 Å². The van der Waals surface area contributed by atoms with Gasteiger partial charge in [-0.15, -0.1) is 0 Å². The lowest BCUT2D eigenvalue weighted by molar-refractivity contribution is -0.140. The summed E-state index contributed by atoms with van der Waals surface area (Å²) in [4.78, 5) is 21.4. The average molecular weight is 253 g/mol. The molecule has 0 unspecified atom stereocenters. The molecule has 0 spiro atoms. The number of nitrogens with zero attached hydrogens (tertiary/aromatic N) is 3. The monoisotopic (exact) mass is 253 g/mol. The van der Waals surface area contributed by atoms with Gasteiger partial charge in [0.2, 0.25) is 11.8 Å². The molecule has 0 saturated carbocycles. The van der Waals surface area contributed by atoms with E-state index in [1.807, 2.05) is 18.9 Å². The van der Waals surface area contributed by atoms with Gasteiger partial charge < -0.3 is 14.4 Å². The molecule has 0 aliphatic heterocycles. The molecule has 1 rings (SSSR count). The first kappa shape index (κ1) is 14.2. The van der Waals surface area contributed by atoms with Crippen LogP contribution in [-0.4, -0.2) is 43.7 Å². The number of methoxy groups -OCH3 is 2. The molecule has 100 valence electrons. The fourth-order valence-corrected chi connectivity index (χ4v) is 1.46. The van der Waals surface area contributed by atoms with Gasteiger partial charge in [-0.05, 0) is 13.3 Å². The molecular weight excluding hydrogens is 234 g/mol. The van der Waals surface area contributed by atoms with Crippen LogP contribution in [0.2, 0.25) is 0 Å². The van der Waals surface area contributed by atoms with E-state index in [2.05, 4.69) is 14.7 Å². The molecule has 6 heteroatoms. The van der Waals surface area contributed by atoms with Gasteiger partial charge in [0.25, 0.3) is 0 Å². The zero-order valence-corrected chi connectivity index (χ0v) is 11.3. The van der Waals surface area contributed by atoms with Crippen molar-refractivity contribution in [2.75, 3.05) is 32.7 Å². The lowest BCUT2D eigenvalue weighted by atomic mass is 10.3. The Morgan fingerprint density at radius 2 is 2.11 bits per heavy atom. The van der Waals surface area contributed by atoms with Crippen LogP contribution in [0.5, 0.6) is 5.88 Å². The van der Waals surface area contributed by atoms with Gasteiger partial charge in [-0.3, -0.25) is 4.79 Å². The molecule has 0 bridgehead atoms. The van der Waals surface area contributed by atoms with Crippen molar-refractivity contribution in [1.29, 1.82) is 0 Å². The summed E-state index contributed by atoms with van der Waals surface area (Å²) in [5.41, 5.74) is 0.844. The van der Waals surface area contributed by atoms with Crippen molar-refractivity contribution < 1.29 is 14.3 Å². The van der Waals surface area contributed by atoms with Crippen LogP contribution in [0, 0.1) is 6.92 Å².